The first kappa shape index (κ1) is 15.8. The molecule has 2 rings (SSSR count). The average Bonchev–Trinajstić information content (AvgIpc) is 2.96. The maximum atomic E-state index is 12.1. The van der Waals surface area contributed by atoms with Gasteiger partial charge in [-0.25, -0.2) is 4.79 Å². The van der Waals surface area contributed by atoms with Crippen molar-refractivity contribution in [2.75, 3.05) is 5.32 Å². The number of hydrogen-bond donors (Lipinski definition) is 2. The zero-order valence-corrected chi connectivity index (χ0v) is 12.8. The number of carbonyl (C=O) groups excluding carboxylic acids is 1. The maximum absolute atomic E-state index is 12.1. The second-order valence-corrected chi connectivity index (χ2v) is 5.54. The lowest BCUT2D eigenvalue weighted by Crippen LogP contribution is -2.35. The van der Waals surface area contributed by atoms with E-state index in [0.29, 0.717) is 11.3 Å². The molecule has 1 amide bonds. The normalized spacial score (nSPS) is 11.2. The summed E-state index contributed by atoms with van der Waals surface area (Å²) in [7, 11) is 0. The van der Waals surface area contributed by atoms with Gasteiger partial charge in [-0.3, -0.25) is 9.48 Å². The number of carboxylic acids is 1. The van der Waals surface area contributed by atoms with Crippen LogP contribution >= 0.6 is 0 Å². The highest BCUT2D eigenvalue weighted by atomic mass is 16.4. The van der Waals surface area contributed by atoms with Crippen molar-refractivity contribution in [1.82, 2.24) is 9.78 Å². The van der Waals surface area contributed by atoms with E-state index in [1.807, 2.05) is 19.1 Å². The Morgan fingerprint density at radius 1 is 1.27 bits per heavy atom. The summed E-state index contributed by atoms with van der Waals surface area (Å²) in [4.78, 5) is 23.3. The number of benzene rings is 1. The van der Waals surface area contributed by atoms with Crippen LogP contribution < -0.4 is 5.32 Å². The number of carbonyl (C=O) groups is 2. The van der Waals surface area contributed by atoms with E-state index in [9.17, 15) is 9.59 Å². The van der Waals surface area contributed by atoms with Gasteiger partial charge < -0.3 is 10.4 Å². The Hall–Kier alpha value is -2.63. The Morgan fingerprint density at radius 3 is 2.45 bits per heavy atom. The molecule has 0 unspecified atom stereocenters. The smallest absolute Gasteiger partial charge is 0.331 e. The van der Waals surface area contributed by atoms with E-state index in [0.717, 1.165) is 12.0 Å². The molecule has 2 N–H and O–H groups in total. The summed E-state index contributed by atoms with van der Waals surface area (Å²) in [6.07, 6.45) is 3.86. The third kappa shape index (κ3) is 3.16. The minimum atomic E-state index is -1.17. The van der Waals surface area contributed by atoms with Gasteiger partial charge in [-0.1, -0.05) is 19.1 Å². The van der Waals surface area contributed by atoms with Crippen molar-refractivity contribution < 1.29 is 14.7 Å². The van der Waals surface area contributed by atoms with Crippen LogP contribution in [0.15, 0.2) is 36.7 Å². The Morgan fingerprint density at radius 2 is 1.91 bits per heavy atom. The van der Waals surface area contributed by atoms with Crippen LogP contribution in [0.1, 0.15) is 36.7 Å². The summed E-state index contributed by atoms with van der Waals surface area (Å²) in [5, 5.41) is 15.9. The highest BCUT2D eigenvalue weighted by molar-refractivity contribution is 6.04. The first-order valence-electron chi connectivity index (χ1n) is 7.03. The molecule has 0 fully saturated rings. The number of aromatic nitrogens is 2. The Balaban J connectivity index is 2.12. The summed E-state index contributed by atoms with van der Waals surface area (Å²) in [6, 6.07) is 7.34. The Kier molecular flexibility index (Phi) is 4.30. The molecule has 116 valence electrons. The van der Waals surface area contributed by atoms with Crippen LogP contribution in [-0.4, -0.2) is 26.8 Å². The Labute approximate surface area is 128 Å². The Bertz CT molecular complexity index is 687. The van der Waals surface area contributed by atoms with E-state index in [-0.39, 0.29) is 5.91 Å². The zero-order chi connectivity index (χ0) is 16.3. The minimum Gasteiger partial charge on any atom is -0.479 e. The van der Waals surface area contributed by atoms with Crippen molar-refractivity contribution in [3.8, 4) is 0 Å². The lowest BCUT2D eigenvalue weighted by molar-refractivity contribution is -0.146. The number of nitrogens with zero attached hydrogens (tertiary/aromatic N) is 2. The molecule has 0 radical (unpaired) electrons. The lowest BCUT2D eigenvalue weighted by atomic mass is 10.1. The van der Waals surface area contributed by atoms with Crippen LogP contribution in [0.5, 0.6) is 0 Å². The highest BCUT2D eigenvalue weighted by Gasteiger charge is 2.30. The molecule has 0 spiro atoms. The molecule has 2 aromatic rings. The molecule has 0 aliphatic carbocycles. The van der Waals surface area contributed by atoms with Crippen molar-refractivity contribution in [2.45, 2.75) is 32.7 Å². The van der Waals surface area contributed by atoms with Crippen LogP contribution in [0.2, 0.25) is 0 Å². The fraction of sp³-hybridized carbons (Fsp3) is 0.312. The lowest BCUT2D eigenvalue weighted by Gasteiger charge is -2.19. The molecule has 1 aromatic carbocycles. The molecule has 1 aromatic heterocycles. The molecule has 0 saturated carbocycles. The molecule has 0 bridgehead atoms. The second-order valence-electron chi connectivity index (χ2n) is 5.54. The highest BCUT2D eigenvalue weighted by Crippen LogP contribution is 2.18. The topological polar surface area (TPSA) is 84.2 Å². The third-order valence-corrected chi connectivity index (χ3v) is 3.56. The van der Waals surface area contributed by atoms with Crippen molar-refractivity contribution in [3.05, 3.63) is 47.8 Å². The fourth-order valence-corrected chi connectivity index (χ4v) is 1.89. The SMILES string of the molecule is CCc1ccc(C(=O)Nc2cnn(C(C)(C)C(=O)O)c2)cc1. The molecule has 0 saturated heterocycles. The summed E-state index contributed by atoms with van der Waals surface area (Å²) in [5.41, 5.74) is 0.986. The van der Waals surface area contributed by atoms with E-state index >= 15 is 0 Å². The van der Waals surface area contributed by atoms with E-state index < -0.39 is 11.5 Å². The summed E-state index contributed by atoms with van der Waals surface area (Å²) >= 11 is 0. The van der Waals surface area contributed by atoms with Gasteiger partial charge >= 0.3 is 5.97 Å². The van der Waals surface area contributed by atoms with Gasteiger partial charge in [0, 0.05) is 11.8 Å². The molecule has 0 atom stereocenters. The molecule has 6 heteroatoms. The largest absolute Gasteiger partial charge is 0.479 e. The second kappa shape index (κ2) is 6.01. The van der Waals surface area contributed by atoms with Crippen LogP contribution in [-0.2, 0) is 16.8 Å². The fourth-order valence-electron chi connectivity index (χ4n) is 1.89. The van der Waals surface area contributed by atoms with Gasteiger partial charge in [0.2, 0.25) is 0 Å². The van der Waals surface area contributed by atoms with E-state index in [4.69, 9.17) is 5.11 Å². The number of carboxylic acid groups (broad SMARTS) is 1. The number of anilines is 1. The average molecular weight is 301 g/mol. The van der Waals surface area contributed by atoms with E-state index in [1.165, 1.54) is 30.9 Å². The quantitative estimate of drug-likeness (QED) is 0.888. The van der Waals surface area contributed by atoms with Gasteiger partial charge in [-0.15, -0.1) is 0 Å². The number of nitrogens with one attached hydrogen (secondary N) is 1. The van der Waals surface area contributed by atoms with Crippen LogP contribution in [0.25, 0.3) is 0 Å². The maximum Gasteiger partial charge on any atom is 0.331 e. The predicted octanol–water partition coefficient (Wildman–Crippen LogP) is 2.52. The molecule has 6 nitrogen and oxygen atoms in total. The van der Waals surface area contributed by atoms with E-state index in [2.05, 4.69) is 10.4 Å². The summed E-state index contributed by atoms with van der Waals surface area (Å²) in [6.45, 7) is 5.13. The van der Waals surface area contributed by atoms with Gasteiger partial charge in [0.25, 0.3) is 5.91 Å². The molecule has 1 heterocycles. The molecular formula is C16H19N3O3. The first-order valence-corrected chi connectivity index (χ1v) is 7.03. The summed E-state index contributed by atoms with van der Waals surface area (Å²) in [5.74, 6) is -1.25. The number of amides is 1. The van der Waals surface area contributed by atoms with Crippen molar-refractivity contribution in [3.63, 3.8) is 0 Å². The number of aryl methyl sites for hydroxylation is 1. The monoisotopic (exact) mass is 301 g/mol. The predicted molar refractivity (Wildman–Crippen MR) is 83.0 cm³/mol. The van der Waals surface area contributed by atoms with Crippen LogP contribution in [0, 0.1) is 0 Å². The van der Waals surface area contributed by atoms with Gasteiger partial charge in [-0.05, 0) is 38.0 Å². The van der Waals surface area contributed by atoms with Gasteiger partial charge in [-0.2, -0.15) is 5.10 Å². The van der Waals surface area contributed by atoms with Crippen LogP contribution in [0.3, 0.4) is 0 Å². The molecular weight excluding hydrogens is 282 g/mol. The molecule has 0 aliphatic rings. The van der Waals surface area contributed by atoms with Crippen molar-refractivity contribution >= 4 is 17.6 Å². The summed E-state index contributed by atoms with van der Waals surface area (Å²) < 4.78 is 1.31. The molecule has 0 aliphatic heterocycles. The van der Waals surface area contributed by atoms with Gasteiger partial charge in [0.05, 0.1) is 11.9 Å². The van der Waals surface area contributed by atoms with Crippen molar-refractivity contribution in [1.29, 1.82) is 0 Å². The zero-order valence-electron chi connectivity index (χ0n) is 12.8. The minimum absolute atomic E-state index is 0.254. The third-order valence-electron chi connectivity index (χ3n) is 3.56. The van der Waals surface area contributed by atoms with E-state index in [1.54, 1.807) is 12.1 Å². The van der Waals surface area contributed by atoms with Gasteiger partial charge in [0.1, 0.15) is 0 Å². The van der Waals surface area contributed by atoms with Gasteiger partial charge in [0.15, 0.2) is 5.54 Å². The molecule has 22 heavy (non-hydrogen) atoms. The first-order chi connectivity index (χ1) is 10.3. The van der Waals surface area contributed by atoms with Crippen LogP contribution in [0.4, 0.5) is 5.69 Å². The number of rotatable bonds is 5. The number of hydrogen-bond acceptors (Lipinski definition) is 3. The standard InChI is InChI=1S/C16H19N3O3/c1-4-11-5-7-12(8-6-11)14(20)18-13-9-17-19(10-13)16(2,3)15(21)22/h5-10H,4H2,1-3H3,(H,18,20)(H,21,22). The number of aliphatic carboxylic acids is 1. The van der Waals surface area contributed by atoms with Crippen molar-refractivity contribution in [2.24, 2.45) is 0 Å².